The second-order valence-corrected chi connectivity index (χ2v) is 4.67. The van der Waals surface area contributed by atoms with Crippen LogP contribution in [-0.4, -0.2) is 13.0 Å². The molecule has 4 heteroatoms. The Morgan fingerprint density at radius 2 is 2.05 bits per heavy atom. The molecule has 2 aromatic carbocycles. The zero-order chi connectivity index (χ0) is 14.5. The molecule has 2 aromatic rings. The molecule has 2 rings (SSSR count). The fourth-order valence-electron chi connectivity index (χ4n) is 1.98. The van der Waals surface area contributed by atoms with Gasteiger partial charge in [-0.05, 0) is 24.6 Å². The first kappa shape index (κ1) is 13.9. The fourth-order valence-corrected chi connectivity index (χ4v) is 1.98. The number of rotatable bonds is 4. The Hall–Kier alpha value is -2.49. The zero-order valence-electron chi connectivity index (χ0n) is 11.6. The molecule has 0 aromatic heterocycles. The first-order chi connectivity index (χ1) is 9.58. The molecule has 0 aliphatic carbocycles. The monoisotopic (exact) mass is 270 g/mol. The molecule has 0 aliphatic heterocycles. The summed E-state index contributed by atoms with van der Waals surface area (Å²) in [6.45, 7) is 2.51. The maximum atomic E-state index is 12.1. The van der Waals surface area contributed by atoms with E-state index in [1.165, 1.54) is 5.56 Å². The highest BCUT2D eigenvalue weighted by Crippen LogP contribution is 2.18. The summed E-state index contributed by atoms with van der Waals surface area (Å²) in [5.74, 6) is 0.405. The van der Waals surface area contributed by atoms with Gasteiger partial charge in [-0.15, -0.1) is 0 Å². The van der Waals surface area contributed by atoms with Crippen LogP contribution in [-0.2, 0) is 6.54 Å². The van der Waals surface area contributed by atoms with Crippen molar-refractivity contribution in [2.45, 2.75) is 13.5 Å². The normalized spacial score (nSPS) is 10.1. The lowest BCUT2D eigenvalue weighted by molar-refractivity contribution is 0.0950. The SMILES string of the molecule is COc1cc(N)cc(C(=O)NCc2cccc(C)c2)c1. The molecule has 1 amide bonds. The number of carbonyl (C=O) groups is 1. The largest absolute Gasteiger partial charge is 0.497 e. The van der Waals surface area contributed by atoms with Gasteiger partial charge in [0, 0.05) is 23.9 Å². The minimum Gasteiger partial charge on any atom is -0.497 e. The van der Waals surface area contributed by atoms with Crippen LogP contribution in [0.5, 0.6) is 5.75 Å². The number of aryl methyl sites for hydroxylation is 1. The molecule has 104 valence electrons. The van der Waals surface area contributed by atoms with E-state index in [1.54, 1.807) is 25.3 Å². The number of nitrogen functional groups attached to an aromatic ring is 1. The van der Waals surface area contributed by atoms with Crippen LogP contribution < -0.4 is 15.8 Å². The van der Waals surface area contributed by atoms with Crippen molar-refractivity contribution in [3.05, 3.63) is 59.2 Å². The molecule has 0 atom stereocenters. The van der Waals surface area contributed by atoms with E-state index in [1.807, 2.05) is 31.2 Å². The molecule has 0 fully saturated rings. The van der Waals surface area contributed by atoms with E-state index in [9.17, 15) is 4.79 Å². The van der Waals surface area contributed by atoms with E-state index in [-0.39, 0.29) is 5.91 Å². The number of benzene rings is 2. The Morgan fingerprint density at radius 3 is 2.75 bits per heavy atom. The van der Waals surface area contributed by atoms with E-state index in [4.69, 9.17) is 10.5 Å². The van der Waals surface area contributed by atoms with Crippen molar-refractivity contribution < 1.29 is 9.53 Å². The summed E-state index contributed by atoms with van der Waals surface area (Å²) >= 11 is 0. The van der Waals surface area contributed by atoms with Gasteiger partial charge in [-0.3, -0.25) is 4.79 Å². The fraction of sp³-hybridized carbons (Fsp3) is 0.188. The topological polar surface area (TPSA) is 64.3 Å². The molecule has 3 N–H and O–H groups in total. The highest BCUT2D eigenvalue weighted by Gasteiger charge is 2.08. The van der Waals surface area contributed by atoms with Crippen molar-refractivity contribution in [3.63, 3.8) is 0 Å². The summed E-state index contributed by atoms with van der Waals surface area (Å²) in [7, 11) is 1.54. The van der Waals surface area contributed by atoms with Crippen LogP contribution in [0.25, 0.3) is 0 Å². The molecular formula is C16H18N2O2. The Labute approximate surface area is 118 Å². The zero-order valence-corrected chi connectivity index (χ0v) is 11.6. The summed E-state index contributed by atoms with van der Waals surface area (Å²) in [5, 5.41) is 2.87. The Bertz CT molecular complexity index is 624. The van der Waals surface area contributed by atoms with Crippen molar-refractivity contribution >= 4 is 11.6 Å². The number of carbonyl (C=O) groups excluding carboxylic acids is 1. The van der Waals surface area contributed by atoms with Crippen LogP contribution >= 0.6 is 0 Å². The van der Waals surface area contributed by atoms with Gasteiger partial charge < -0.3 is 15.8 Å². The summed E-state index contributed by atoms with van der Waals surface area (Å²) in [4.78, 5) is 12.1. The van der Waals surface area contributed by atoms with Gasteiger partial charge in [0.15, 0.2) is 0 Å². The van der Waals surface area contributed by atoms with Gasteiger partial charge in [0.25, 0.3) is 5.91 Å². The number of amides is 1. The van der Waals surface area contributed by atoms with E-state index >= 15 is 0 Å². The Morgan fingerprint density at radius 1 is 1.25 bits per heavy atom. The van der Waals surface area contributed by atoms with Gasteiger partial charge in [-0.25, -0.2) is 0 Å². The van der Waals surface area contributed by atoms with Gasteiger partial charge in [0.1, 0.15) is 5.75 Å². The van der Waals surface area contributed by atoms with Crippen molar-refractivity contribution in [2.24, 2.45) is 0 Å². The lowest BCUT2D eigenvalue weighted by Crippen LogP contribution is -2.23. The first-order valence-electron chi connectivity index (χ1n) is 6.37. The predicted molar refractivity (Wildman–Crippen MR) is 79.8 cm³/mol. The lowest BCUT2D eigenvalue weighted by Gasteiger charge is -2.08. The molecule has 0 aliphatic rings. The smallest absolute Gasteiger partial charge is 0.251 e. The number of hydrogen-bond donors (Lipinski definition) is 2. The van der Waals surface area contributed by atoms with Gasteiger partial charge in [-0.2, -0.15) is 0 Å². The first-order valence-corrected chi connectivity index (χ1v) is 6.37. The number of hydrogen-bond acceptors (Lipinski definition) is 3. The third-order valence-corrected chi connectivity index (χ3v) is 2.96. The van der Waals surface area contributed by atoms with E-state index in [0.29, 0.717) is 23.5 Å². The number of methoxy groups -OCH3 is 1. The van der Waals surface area contributed by atoms with Gasteiger partial charge in [-0.1, -0.05) is 29.8 Å². The van der Waals surface area contributed by atoms with Gasteiger partial charge in [0.2, 0.25) is 0 Å². The third-order valence-electron chi connectivity index (χ3n) is 2.96. The minimum absolute atomic E-state index is 0.169. The summed E-state index contributed by atoms with van der Waals surface area (Å²) in [6, 6.07) is 13.0. The molecule has 0 radical (unpaired) electrons. The van der Waals surface area contributed by atoms with Gasteiger partial charge >= 0.3 is 0 Å². The predicted octanol–water partition coefficient (Wildman–Crippen LogP) is 2.52. The number of ether oxygens (including phenoxy) is 1. The highest BCUT2D eigenvalue weighted by molar-refractivity contribution is 5.95. The van der Waals surface area contributed by atoms with Crippen LogP contribution in [0.1, 0.15) is 21.5 Å². The van der Waals surface area contributed by atoms with Crippen LogP contribution in [0.15, 0.2) is 42.5 Å². The average Bonchev–Trinajstić information content (AvgIpc) is 2.44. The second kappa shape index (κ2) is 6.10. The minimum atomic E-state index is -0.169. The standard InChI is InChI=1S/C16H18N2O2/c1-11-4-3-5-12(6-11)10-18-16(19)13-7-14(17)9-15(8-13)20-2/h3-9H,10,17H2,1-2H3,(H,18,19). The third kappa shape index (κ3) is 3.51. The molecule has 4 nitrogen and oxygen atoms in total. The summed E-state index contributed by atoms with van der Waals surface area (Å²) in [6.07, 6.45) is 0. The van der Waals surface area contributed by atoms with E-state index in [2.05, 4.69) is 5.32 Å². The lowest BCUT2D eigenvalue weighted by atomic mass is 10.1. The summed E-state index contributed by atoms with van der Waals surface area (Å²) in [5.41, 5.74) is 8.97. The molecule has 0 bridgehead atoms. The van der Waals surface area contributed by atoms with Crippen molar-refractivity contribution in [2.75, 3.05) is 12.8 Å². The van der Waals surface area contributed by atoms with Gasteiger partial charge in [0.05, 0.1) is 7.11 Å². The van der Waals surface area contributed by atoms with E-state index < -0.39 is 0 Å². The average molecular weight is 270 g/mol. The molecular weight excluding hydrogens is 252 g/mol. The molecule has 0 saturated heterocycles. The van der Waals surface area contributed by atoms with Crippen molar-refractivity contribution in [1.29, 1.82) is 0 Å². The highest BCUT2D eigenvalue weighted by atomic mass is 16.5. The number of nitrogens with two attached hydrogens (primary N) is 1. The Balaban J connectivity index is 2.07. The van der Waals surface area contributed by atoms with E-state index in [0.717, 1.165) is 5.56 Å². The maximum Gasteiger partial charge on any atom is 0.251 e. The maximum absolute atomic E-state index is 12.1. The second-order valence-electron chi connectivity index (χ2n) is 4.67. The quantitative estimate of drug-likeness (QED) is 0.839. The summed E-state index contributed by atoms with van der Waals surface area (Å²) < 4.78 is 5.10. The van der Waals surface area contributed by atoms with Crippen LogP contribution in [0.4, 0.5) is 5.69 Å². The van der Waals surface area contributed by atoms with Crippen molar-refractivity contribution in [1.82, 2.24) is 5.32 Å². The Kier molecular flexibility index (Phi) is 4.25. The van der Waals surface area contributed by atoms with Crippen LogP contribution in [0.3, 0.4) is 0 Å². The van der Waals surface area contributed by atoms with Crippen molar-refractivity contribution in [3.8, 4) is 5.75 Å². The number of nitrogens with one attached hydrogen (secondary N) is 1. The molecule has 0 spiro atoms. The number of anilines is 1. The molecule has 0 heterocycles. The van der Waals surface area contributed by atoms with Crippen LogP contribution in [0.2, 0.25) is 0 Å². The molecule has 20 heavy (non-hydrogen) atoms. The molecule has 0 unspecified atom stereocenters. The molecule has 0 saturated carbocycles. The van der Waals surface area contributed by atoms with Crippen LogP contribution in [0, 0.1) is 6.92 Å².